The molecule has 7 atom stereocenters. The van der Waals surface area contributed by atoms with Crippen molar-refractivity contribution in [2.75, 3.05) is 26.2 Å². The zero-order valence-corrected chi connectivity index (χ0v) is 25.9. The SMILES string of the molecule is CC1(C)C[C@@H]2CCCNC3CCCC(N3)SNCC3CCC(n4ccc(OCCC(C)(C)C(F)(F)F)n4)NC3N1C2. The topological polar surface area (TPSA) is 78.4 Å². The molecule has 234 valence electrons. The monoisotopic (exact) mass is 601 g/mol. The molecule has 0 radical (unpaired) electrons. The number of fused-ring (bicyclic) bond motifs is 6. The zero-order valence-electron chi connectivity index (χ0n) is 25.1. The van der Waals surface area contributed by atoms with E-state index in [-0.39, 0.29) is 30.9 Å². The molecule has 0 aliphatic carbocycles. The highest BCUT2D eigenvalue weighted by Gasteiger charge is 2.47. The van der Waals surface area contributed by atoms with Gasteiger partial charge in [0.15, 0.2) is 0 Å². The third-order valence-electron chi connectivity index (χ3n) is 9.72. The van der Waals surface area contributed by atoms with Crippen molar-refractivity contribution in [3.05, 3.63) is 12.3 Å². The average Bonchev–Trinajstić information content (AvgIpc) is 3.49. The highest BCUT2D eigenvalue weighted by Crippen LogP contribution is 2.41. The fourth-order valence-electron chi connectivity index (χ4n) is 7.01. The molecular formula is C29H50F3N7OS. The second-order valence-corrected chi connectivity index (χ2v) is 14.9. The van der Waals surface area contributed by atoms with Gasteiger partial charge in [0.25, 0.3) is 0 Å². The van der Waals surface area contributed by atoms with Crippen molar-refractivity contribution in [2.45, 2.75) is 121 Å². The van der Waals surface area contributed by atoms with Gasteiger partial charge in [-0.3, -0.25) is 24.9 Å². The summed E-state index contributed by atoms with van der Waals surface area (Å²) in [6.45, 7) is 10.3. The van der Waals surface area contributed by atoms with Gasteiger partial charge in [-0.05, 0) is 84.1 Å². The van der Waals surface area contributed by atoms with E-state index in [0.29, 0.717) is 29.3 Å². The van der Waals surface area contributed by atoms with Crippen molar-refractivity contribution in [3.8, 4) is 5.88 Å². The summed E-state index contributed by atoms with van der Waals surface area (Å²) in [6.07, 6.45) is 7.40. The number of hydrogen-bond donors (Lipinski definition) is 4. The maximum atomic E-state index is 13.2. The Labute approximate surface area is 247 Å². The summed E-state index contributed by atoms with van der Waals surface area (Å²) >= 11 is 1.84. The van der Waals surface area contributed by atoms with Crippen LogP contribution in [0.1, 0.15) is 91.6 Å². The molecule has 4 saturated heterocycles. The normalized spacial score (nSPS) is 35.2. The van der Waals surface area contributed by atoms with Gasteiger partial charge < -0.3 is 10.1 Å². The molecule has 1 aromatic rings. The summed E-state index contributed by atoms with van der Waals surface area (Å²) < 4.78 is 50.9. The zero-order chi connectivity index (χ0) is 29.3. The Morgan fingerprint density at radius 1 is 1.10 bits per heavy atom. The van der Waals surface area contributed by atoms with Gasteiger partial charge in [-0.1, -0.05) is 25.8 Å². The van der Waals surface area contributed by atoms with Crippen molar-refractivity contribution >= 4 is 11.9 Å². The van der Waals surface area contributed by atoms with Gasteiger partial charge >= 0.3 is 6.18 Å². The molecule has 0 spiro atoms. The maximum Gasteiger partial charge on any atom is 0.394 e. The van der Waals surface area contributed by atoms with Crippen molar-refractivity contribution in [1.29, 1.82) is 0 Å². The average molecular weight is 602 g/mol. The van der Waals surface area contributed by atoms with Crippen LogP contribution >= 0.6 is 11.9 Å². The number of hydrogen-bond acceptors (Lipinski definition) is 8. The van der Waals surface area contributed by atoms with Crippen molar-refractivity contribution in [2.24, 2.45) is 17.3 Å². The second-order valence-electron chi connectivity index (χ2n) is 13.8. The van der Waals surface area contributed by atoms with Gasteiger partial charge in [-0.15, -0.1) is 5.10 Å². The number of nitrogens with zero attached hydrogens (tertiary/aromatic N) is 3. The number of rotatable bonds is 5. The maximum absolute atomic E-state index is 13.2. The lowest BCUT2D eigenvalue weighted by molar-refractivity contribution is -0.215. The van der Waals surface area contributed by atoms with E-state index in [2.05, 4.69) is 44.5 Å². The number of halogens is 3. The number of nitrogens with one attached hydrogen (secondary N) is 4. The van der Waals surface area contributed by atoms with Crippen LogP contribution in [-0.2, 0) is 0 Å². The van der Waals surface area contributed by atoms with Gasteiger partial charge in [-0.2, -0.15) is 13.2 Å². The highest BCUT2D eigenvalue weighted by atomic mass is 32.2. The van der Waals surface area contributed by atoms with Crippen LogP contribution in [0, 0.1) is 17.3 Å². The molecule has 0 aromatic carbocycles. The van der Waals surface area contributed by atoms with Crippen molar-refractivity contribution in [3.63, 3.8) is 0 Å². The number of ether oxygens (including phenoxy) is 1. The molecule has 12 heteroatoms. The fraction of sp³-hybridized carbons (Fsp3) is 0.897. The Kier molecular flexibility index (Phi) is 9.87. The van der Waals surface area contributed by atoms with E-state index in [1.54, 1.807) is 6.07 Å². The molecule has 5 heterocycles. The molecule has 8 nitrogen and oxygen atoms in total. The van der Waals surface area contributed by atoms with Gasteiger partial charge in [-0.25, -0.2) is 0 Å². The minimum absolute atomic E-state index is 0.00905. The van der Waals surface area contributed by atoms with Crippen LogP contribution in [-0.4, -0.2) is 70.3 Å². The Bertz CT molecular complexity index is 990. The lowest BCUT2D eigenvalue weighted by Gasteiger charge is -2.47. The lowest BCUT2D eigenvalue weighted by atomic mass is 9.89. The van der Waals surface area contributed by atoms with Crippen LogP contribution < -0.4 is 25.4 Å². The van der Waals surface area contributed by atoms with E-state index >= 15 is 0 Å². The van der Waals surface area contributed by atoms with Crippen LogP contribution in [0.3, 0.4) is 0 Å². The molecule has 4 fully saturated rings. The van der Waals surface area contributed by atoms with Gasteiger partial charge in [0, 0.05) is 36.8 Å². The molecule has 4 aliphatic heterocycles. The van der Waals surface area contributed by atoms with E-state index < -0.39 is 11.6 Å². The third kappa shape index (κ3) is 7.73. The summed E-state index contributed by atoms with van der Waals surface area (Å²) in [6, 6.07) is 1.76. The Morgan fingerprint density at radius 3 is 2.73 bits per heavy atom. The van der Waals surface area contributed by atoms with E-state index in [1.807, 2.05) is 22.8 Å². The lowest BCUT2D eigenvalue weighted by Crippen LogP contribution is -2.60. The molecule has 4 N–H and O–H groups in total. The quantitative estimate of drug-likeness (QED) is 0.343. The van der Waals surface area contributed by atoms with Gasteiger partial charge in [0.1, 0.15) is 6.17 Å². The Morgan fingerprint density at radius 2 is 1.93 bits per heavy atom. The van der Waals surface area contributed by atoms with Gasteiger partial charge in [0.2, 0.25) is 5.88 Å². The molecule has 6 unspecified atom stereocenters. The van der Waals surface area contributed by atoms with E-state index in [0.717, 1.165) is 32.5 Å². The Balaban J connectivity index is 1.25. The van der Waals surface area contributed by atoms with Crippen LogP contribution in [0.4, 0.5) is 13.2 Å². The van der Waals surface area contributed by atoms with Crippen LogP contribution in [0.5, 0.6) is 5.88 Å². The Hall–Kier alpha value is -1.05. The van der Waals surface area contributed by atoms with Gasteiger partial charge in [0.05, 0.1) is 29.7 Å². The standard InChI is InChI=1S/C29H50F3N7OS/c1-27(2,29(30,31)32)13-16-40-24-12-15-39(37-24)23-11-10-21-18-34-41-25-9-5-8-22(35-25)33-14-6-7-20-17-28(3,4)38(19-20)26(21)36-23/h12,15,20-23,25-26,33-36H,5-11,13-14,16-19H2,1-4H3/t20-,21?,22?,23?,25?,26?/m0/s1. The molecule has 5 rings (SSSR count). The first-order chi connectivity index (χ1) is 19.4. The van der Waals surface area contributed by atoms with Crippen LogP contribution in [0.25, 0.3) is 0 Å². The predicted octanol–water partition coefficient (Wildman–Crippen LogP) is 5.21. The van der Waals surface area contributed by atoms with Crippen LogP contribution in [0.2, 0.25) is 0 Å². The molecule has 4 bridgehead atoms. The second kappa shape index (κ2) is 12.9. The molecule has 41 heavy (non-hydrogen) atoms. The van der Waals surface area contributed by atoms with Crippen molar-refractivity contribution < 1.29 is 17.9 Å². The minimum atomic E-state index is -4.26. The smallest absolute Gasteiger partial charge is 0.394 e. The molecule has 0 amide bonds. The highest BCUT2D eigenvalue weighted by molar-refractivity contribution is 7.98. The van der Waals surface area contributed by atoms with Crippen LogP contribution in [0.15, 0.2) is 12.3 Å². The first-order valence-electron chi connectivity index (χ1n) is 15.6. The predicted molar refractivity (Wildman–Crippen MR) is 157 cm³/mol. The number of aromatic nitrogens is 2. The molecular weight excluding hydrogens is 551 g/mol. The van der Waals surface area contributed by atoms with E-state index in [4.69, 9.17) is 4.74 Å². The minimum Gasteiger partial charge on any atom is -0.477 e. The largest absolute Gasteiger partial charge is 0.477 e. The van der Waals surface area contributed by atoms with Crippen molar-refractivity contribution in [1.82, 2.24) is 35.4 Å². The summed E-state index contributed by atoms with van der Waals surface area (Å²) in [5, 5.41) is 16.5. The van der Waals surface area contributed by atoms with E-state index in [9.17, 15) is 13.2 Å². The number of alkyl halides is 3. The summed E-state index contributed by atoms with van der Waals surface area (Å²) in [7, 11) is 0. The number of piperidine rings is 2. The first kappa shape index (κ1) is 31.4. The molecule has 1 aromatic heterocycles. The summed E-state index contributed by atoms with van der Waals surface area (Å²) in [5.41, 5.74) is -1.69. The fourth-order valence-corrected chi connectivity index (χ4v) is 8.04. The molecule has 4 aliphatic rings. The third-order valence-corrected chi connectivity index (χ3v) is 10.7. The van der Waals surface area contributed by atoms with E-state index in [1.165, 1.54) is 52.4 Å². The first-order valence-corrected chi connectivity index (χ1v) is 16.4. The molecule has 0 saturated carbocycles. The summed E-state index contributed by atoms with van der Waals surface area (Å²) in [4.78, 5) is 2.70. The summed E-state index contributed by atoms with van der Waals surface area (Å²) in [5.74, 6) is 1.51.